The highest BCUT2D eigenvalue weighted by atomic mass is 16.6. The molecule has 19 heavy (non-hydrogen) atoms. The summed E-state index contributed by atoms with van der Waals surface area (Å²) in [6.07, 6.45) is 0. The lowest BCUT2D eigenvalue weighted by Gasteiger charge is -2.10. The van der Waals surface area contributed by atoms with Gasteiger partial charge in [-0.1, -0.05) is 30.3 Å². The van der Waals surface area contributed by atoms with E-state index >= 15 is 0 Å². The van der Waals surface area contributed by atoms with E-state index in [1.165, 1.54) is 13.1 Å². The van der Waals surface area contributed by atoms with Crippen molar-refractivity contribution < 1.29 is 4.92 Å². The van der Waals surface area contributed by atoms with Gasteiger partial charge in [0.1, 0.15) is 6.07 Å². The van der Waals surface area contributed by atoms with E-state index < -0.39 is 16.3 Å². The van der Waals surface area contributed by atoms with E-state index in [1.807, 2.05) is 30.3 Å². The summed E-state index contributed by atoms with van der Waals surface area (Å²) in [5.74, 6) is 0.0420. The lowest BCUT2D eigenvalue weighted by molar-refractivity contribution is -0.416. The predicted molar refractivity (Wildman–Crippen MR) is 69.7 cm³/mol. The molecule has 0 unspecified atom stereocenters. The van der Waals surface area contributed by atoms with E-state index in [0.717, 1.165) is 5.56 Å². The third-order valence-corrected chi connectivity index (χ3v) is 2.33. The average Bonchev–Trinajstić information content (AvgIpc) is 2.43. The molecule has 98 valence electrons. The minimum Gasteiger partial charge on any atom is -0.369 e. The zero-order valence-corrected chi connectivity index (χ0v) is 10.3. The minimum atomic E-state index is -0.755. The van der Waals surface area contributed by atoms with Crippen LogP contribution in [0.2, 0.25) is 0 Å². The lowest BCUT2D eigenvalue weighted by Crippen LogP contribution is -2.29. The third-order valence-electron chi connectivity index (χ3n) is 2.33. The standard InChI is InChI=1S/C12H13N5O2/c1-15-12(11(17(18)19)10(14)7-13)16-8-9-5-3-2-4-6-9/h2-6,14-16H,8H2,1H3/b12-11-,14-10?. The molecule has 0 saturated heterocycles. The zero-order chi connectivity index (χ0) is 14.3. The normalized spacial score (nSPS) is 10.9. The van der Waals surface area contributed by atoms with Crippen molar-refractivity contribution in [3.63, 3.8) is 0 Å². The first-order chi connectivity index (χ1) is 9.10. The molecule has 0 aliphatic carbocycles. The number of nitrogens with one attached hydrogen (secondary N) is 3. The maximum Gasteiger partial charge on any atom is 0.344 e. The second-order valence-corrected chi connectivity index (χ2v) is 3.56. The molecular formula is C12H13N5O2. The molecule has 1 aromatic rings. The van der Waals surface area contributed by atoms with E-state index in [4.69, 9.17) is 10.7 Å². The van der Waals surface area contributed by atoms with Gasteiger partial charge in [0.05, 0.1) is 4.92 Å². The van der Waals surface area contributed by atoms with Crippen LogP contribution in [-0.4, -0.2) is 17.7 Å². The van der Waals surface area contributed by atoms with Crippen molar-refractivity contribution in [1.29, 1.82) is 10.7 Å². The Morgan fingerprint density at radius 2 is 2.11 bits per heavy atom. The van der Waals surface area contributed by atoms with Gasteiger partial charge in [-0.05, 0) is 5.56 Å². The van der Waals surface area contributed by atoms with Crippen LogP contribution in [0.4, 0.5) is 0 Å². The van der Waals surface area contributed by atoms with Gasteiger partial charge in [-0.25, -0.2) is 0 Å². The summed E-state index contributed by atoms with van der Waals surface area (Å²) in [5.41, 5.74) is -0.336. The second kappa shape index (κ2) is 6.76. The van der Waals surface area contributed by atoms with Gasteiger partial charge in [0, 0.05) is 13.6 Å². The van der Waals surface area contributed by atoms with Gasteiger partial charge in [0.2, 0.25) is 5.71 Å². The van der Waals surface area contributed by atoms with Crippen LogP contribution in [0.5, 0.6) is 0 Å². The van der Waals surface area contributed by atoms with Gasteiger partial charge < -0.3 is 10.6 Å². The van der Waals surface area contributed by atoms with Crippen LogP contribution in [0.3, 0.4) is 0 Å². The maximum atomic E-state index is 10.9. The Morgan fingerprint density at radius 1 is 1.47 bits per heavy atom. The minimum absolute atomic E-state index is 0.0420. The van der Waals surface area contributed by atoms with Crippen molar-refractivity contribution in [2.24, 2.45) is 0 Å². The quantitative estimate of drug-likeness (QED) is 0.400. The van der Waals surface area contributed by atoms with Crippen LogP contribution >= 0.6 is 0 Å². The first-order valence-electron chi connectivity index (χ1n) is 5.43. The Labute approximate surface area is 110 Å². The molecule has 1 aromatic carbocycles. The molecule has 0 amide bonds. The molecule has 0 aliphatic heterocycles. The van der Waals surface area contributed by atoms with Crippen LogP contribution in [0, 0.1) is 26.9 Å². The van der Waals surface area contributed by atoms with Gasteiger partial charge in [0.15, 0.2) is 5.82 Å². The maximum absolute atomic E-state index is 10.9. The Morgan fingerprint density at radius 3 is 2.58 bits per heavy atom. The lowest BCUT2D eigenvalue weighted by atomic mass is 10.2. The van der Waals surface area contributed by atoms with Gasteiger partial charge in [-0.15, -0.1) is 0 Å². The Hall–Kier alpha value is -2.88. The predicted octanol–water partition coefficient (Wildman–Crippen LogP) is 0.985. The molecule has 0 aliphatic rings. The van der Waals surface area contributed by atoms with Crippen LogP contribution in [0.25, 0.3) is 0 Å². The number of nitro groups is 1. The van der Waals surface area contributed by atoms with E-state index in [0.29, 0.717) is 6.54 Å². The number of benzene rings is 1. The van der Waals surface area contributed by atoms with Gasteiger partial charge in [-0.2, -0.15) is 5.26 Å². The zero-order valence-electron chi connectivity index (χ0n) is 10.3. The fourth-order valence-electron chi connectivity index (χ4n) is 1.44. The summed E-state index contributed by atoms with van der Waals surface area (Å²) in [7, 11) is 1.49. The molecule has 0 fully saturated rings. The van der Waals surface area contributed by atoms with E-state index in [9.17, 15) is 10.1 Å². The number of nitrogens with zero attached hydrogens (tertiary/aromatic N) is 2. The SMILES string of the molecule is CN/C(NCc1ccccc1)=C(\C(=N)C#N)[N+](=O)[O-]. The molecule has 0 spiro atoms. The number of hydrogen-bond donors (Lipinski definition) is 3. The van der Waals surface area contributed by atoms with Crippen LogP contribution in [0.15, 0.2) is 41.8 Å². The van der Waals surface area contributed by atoms with Crippen molar-refractivity contribution in [3.05, 3.63) is 57.5 Å². The van der Waals surface area contributed by atoms with Crippen molar-refractivity contribution in [2.45, 2.75) is 6.54 Å². The number of nitriles is 1. The van der Waals surface area contributed by atoms with Gasteiger partial charge in [-0.3, -0.25) is 15.5 Å². The topological polar surface area (TPSA) is 115 Å². The summed E-state index contributed by atoms with van der Waals surface area (Å²) in [6, 6.07) is 10.8. The van der Waals surface area contributed by atoms with Crippen molar-refractivity contribution in [3.8, 4) is 6.07 Å². The smallest absolute Gasteiger partial charge is 0.344 e. The first kappa shape index (κ1) is 14.2. The molecular weight excluding hydrogens is 246 g/mol. The monoisotopic (exact) mass is 259 g/mol. The molecule has 3 N–H and O–H groups in total. The van der Waals surface area contributed by atoms with Crippen molar-refractivity contribution >= 4 is 5.71 Å². The van der Waals surface area contributed by atoms with Crippen LogP contribution in [0.1, 0.15) is 5.56 Å². The number of rotatable bonds is 6. The van der Waals surface area contributed by atoms with E-state index in [-0.39, 0.29) is 5.82 Å². The van der Waals surface area contributed by atoms with Crippen molar-refractivity contribution in [1.82, 2.24) is 10.6 Å². The van der Waals surface area contributed by atoms with E-state index in [1.54, 1.807) is 0 Å². The summed E-state index contributed by atoms with van der Waals surface area (Å²) in [4.78, 5) is 10.1. The first-order valence-corrected chi connectivity index (χ1v) is 5.43. The average molecular weight is 259 g/mol. The van der Waals surface area contributed by atoms with E-state index in [2.05, 4.69) is 10.6 Å². The Balaban J connectivity index is 2.95. The third kappa shape index (κ3) is 3.81. The molecule has 0 saturated carbocycles. The summed E-state index contributed by atoms with van der Waals surface area (Å²) in [6.45, 7) is 0.354. The van der Waals surface area contributed by atoms with Gasteiger partial charge in [0.25, 0.3) is 0 Å². The second-order valence-electron chi connectivity index (χ2n) is 3.56. The Kier molecular flexibility index (Phi) is 5.04. The Bertz CT molecular complexity index is 545. The van der Waals surface area contributed by atoms with Gasteiger partial charge >= 0.3 is 5.70 Å². The van der Waals surface area contributed by atoms with Crippen LogP contribution in [-0.2, 0) is 6.54 Å². The highest BCUT2D eigenvalue weighted by Crippen LogP contribution is 2.04. The molecule has 7 heteroatoms. The largest absolute Gasteiger partial charge is 0.369 e. The molecule has 7 nitrogen and oxygen atoms in total. The van der Waals surface area contributed by atoms with Crippen LogP contribution < -0.4 is 10.6 Å². The number of allylic oxidation sites excluding steroid dienone is 1. The highest BCUT2D eigenvalue weighted by Gasteiger charge is 2.23. The fraction of sp³-hybridized carbons (Fsp3) is 0.167. The summed E-state index contributed by atoms with van der Waals surface area (Å²) >= 11 is 0. The molecule has 0 atom stereocenters. The molecule has 0 aromatic heterocycles. The highest BCUT2D eigenvalue weighted by molar-refractivity contribution is 6.07. The molecule has 0 radical (unpaired) electrons. The fourth-order valence-corrected chi connectivity index (χ4v) is 1.44. The number of hydrogen-bond acceptors (Lipinski definition) is 6. The molecule has 0 heterocycles. The van der Waals surface area contributed by atoms with Crippen molar-refractivity contribution in [2.75, 3.05) is 7.05 Å². The molecule has 1 rings (SSSR count). The summed E-state index contributed by atoms with van der Waals surface area (Å²) < 4.78 is 0. The summed E-state index contributed by atoms with van der Waals surface area (Å²) in [5, 5.41) is 32.2. The molecule has 0 bridgehead atoms.